The number of likely N-dealkylation sites (tertiary alicyclic amines) is 1. The number of hydrogen-bond acceptors (Lipinski definition) is 4. The van der Waals surface area contributed by atoms with Crippen LogP contribution >= 0.6 is 0 Å². The molecule has 0 spiro atoms. The molecule has 0 bridgehead atoms. The zero-order chi connectivity index (χ0) is 23.4. The first-order valence-corrected chi connectivity index (χ1v) is 11.8. The molecular weight excluding hydrogens is 389 g/mol. The SMILES string of the molecule is CC.CC(C)(C)OC(=O)N1CCC(Cc2cccc(B3OC(C)(C)C(C)(C)O3)c2)CC1. The van der Waals surface area contributed by atoms with Crippen LogP contribution in [0.1, 0.15) is 80.7 Å². The molecule has 1 aromatic rings. The summed E-state index contributed by atoms with van der Waals surface area (Å²) in [5.74, 6) is 0.572. The molecule has 3 rings (SSSR count). The number of carbonyl (C=O) groups excluding carboxylic acids is 1. The molecule has 1 amide bonds. The van der Waals surface area contributed by atoms with Crippen molar-refractivity contribution in [3.05, 3.63) is 29.8 Å². The molecule has 2 fully saturated rings. The lowest BCUT2D eigenvalue weighted by atomic mass is 9.77. The number of piperidine rings is 1. The molecule has 0 atom stereocenters. The fourth-order valence-electron chi connectivity index (χ4n) is 3.83. The predicted molar refractivity (Wildman–Crippen MR) is 128 cm³/mol. The molecule has 5 nitrogen and oxygen atoms in total. The second-order valence-electron chi connectivity index (χ2n) is 10.4. The van der Waals surface area contributed by atoms with E-state index in [1.54, 1.807) is 0 Å². The van der Waals surface area contributed by atoms with Gasteiger partial charge >= 0.3 is 13.2 Å². The maximum absolute atomic E-state index is 12.3. The van der Waals surface area contributed by atoms with Gasteiger partial charge in [-0.25, -0.2) is 4.79 Å². The summed E-state index contributed by atoms with van der Waals surface area (Å²) in [6, 6.07) is 8.56. The molecule has 0 aromatic heterocycles. The first-order valence-electron chi connectivity index (χ1n) is 11.8. The van der Waals surface area contributed by atoms with Crippen LogP contribution in [0.5, 0.6) is 0 Å². The Morgan fingerprint density at radius 3 is 2.16 bits per heavy atom. The summed E-state index contributed by atoms with van der Waals surface area (Å²) >= 11 is 0. The number of hydrogen-bond donors (Lipinski definition) is 0. The third kappa shape index (κ3) is 6.73. The smallest absolute Gasteiger partial charge is 0.444 e. The van der Waals surface area contributed by atoms with Gasteiger partial charge in [-0.05, 0) is 84.7 Å². The Hall–Kier alpha value is -1.53. The second-order valence-corrected chi connectivity index (χ2v) is 10.4. The lowest BCUT2D eigenvalue weighted by molar-refractivity contribution is 0.00578. The Morgan fingerprint density at radius 1 is 1.10 bits per heavy atom. The van der Waals surface area contributed by atoms with E-state index in [4.69, 9.17) is 14.0 Å². The molecule has 0 radical (unpaired) electrons. The number of ether oxygens (including phenoxy) is 1. The van der Waals surface area contributed by atoms with Gasteiger partial charge < -0.3 is 18.9 Å². The van der Waals surface area contributed by atoms with E-state index in [0.717, 1.165) is 37.8 Å². The highest BCUT2D eigenvalue weighted by Crippen LogP contribution is 2.36. The van der Waals surface area contributed by atoms with Crippen LogP contribution in [0.25, 0.3) is 0 Å². The fourth-order valence-corrected chi connectivity index (χ4v) is 3.83. The van der Waals surface area contributed by atoms with Crippen LogP contribution in [0.15, 0.2) is 24.3 Å². The summed E-state index contributed by atoms with van der Waals surface area (Å²) in [7, 11) is -0.325. The standard InChI is InChI=1S/C23H36BNO4.C2H6/c1-21(2,3)27-20(26)25-13-11-17(12-14-25)15-18-9-8-10-19(16-18)24-28-22(4,5)23(6,7)29-24;1-2/h8-10,16-17H,11-15H2,1-7H3;1-2H3. The van der Waals surface area contributed by atoms with E-state index in [0.29, 0.717) is 5.92 Å². The molecular formula is C25H42BNO4. The highest BCUT2D eigenvalue weighted by Gasteiger charge is 2.51. The number of rotatable bonds is 3. The number of nitrogens with zero attached hydrogens (tertiary/aromatic N) is 1. The van der Waals surface area contributed by atoms with Crippen molar-refractivity contribution in [2.45, 2.75) is 98.4 Å². The van der Waals surface area contributed by atoms with Crippen molar-refractivity contribution in [2.75, 3.05) is 13.1 Å². The normalized spacial score (nSPS) is 20.8. The van der Waals surface area contributed by atoms with Gasteiger partial charge in [0.1, 0.15) is 5.60 Å². The first-order chi connectivity index (χ1) is 14.4. The minimum atomic E-state index is -0.443. The fraction of sp³-hybridized carbons (Fsp3) is 0.720. The van der Waals surface area contributed by atoms with Crippen molar-refractivity contribution in [3.8, 4) is 0 Å². The summed E-state index contributed by atoms with van der Waals surface area (Å²) in [6.45, 7) is 19.6. The molecule has 0 unspecified atom stereocenters. The van der Waals surface area contributed by atoms with Crippen LogP contribution in [-0.4, -0.2) is 48.0 Å². The summed E-state index contributed by atoms with van der Waals surface area (Å²) in [5, 5.41) is 0. The van der Waals surface area contributed by atoms with Crippen LogP contribution < -0.4 is 5.46 Å². The quantitative estimate of drug-likeness (QED) is 0.617. The highest BCUT2D eigenvalue weighted by atomic mass is 16.7. The minimum absolute atomic E-state index is 0.196. The Bertz CT molecular complexity index is 717. The van der Waals surface area contributed by atoms with Crippen LogP contribution in [-0.2, 0) is 20.5 Å². The minimum Gasteiger partial charge on any atom is -0.444 e. The van der Waals surface area contributed by atoms with Crippen molar-refractivity contribution in [3.63, 3.8) is 0 Å². The molecule has 6 heteroatoms. The second kappa shape index (κ2) is 9.95. The molecule has 0 aliphatic carbocycles. The molecule has 0 saturated carbocycles. The Morgan fingerprint density at radius 2 is 1.65 bits per heavy atom. The lowest BCUT2D eigenvalue weighted by Crippen LogP contribution is -2.42. The maximum Gasteiger partial charge on any atom is 0.494 e. The van der Waals surface area contributed by atoms with Gasteiger partial charge in [0, 0.05) is 13.1 Å². The Balaban J connectivity index is 0.00000166. The van der Waals surface area contributed by atoms with E-state index in [1.165, 1.54) is 5.56 Å². The molecule has 31 heavy (non-hydrogen) atoms. The molecule has 1 aromatic carbocycles. The van der Waals surface area contributed by atoms with Gasteiger partial charge in [0.15, 0.2) is 0 Å². The molecule has 174 valence electrons. The van der Waals surface area contributed by atoms with Crippen LogP contribution in [0.2, 0.25) is 0 Å². The zero-order valence-corrected chi connectivity index (χ0v) is 21.1. The Kier molecular flexibility index (Phi) is 8.26. The van der Waals surface area contributed by atoms with Gasteiger partial charge in [-0.1, -0.05) is 38.1 Å². The largest absolute Gasteiger partial charge is 0.494 e. The predicted octanol–water partition coefficient (Wildman–Crippen LogP) is 5.20. The van der Waals surface area contributed by atoms with Gasteiger partial charge in [0.05, 0.1) is 11.2 Å². The van der Waals surface area contributed by atoms with Gasteiger partial charge in [-0.2, -0.15) is 0 Å². The van der Waals surface area contributed by atoms with E-state index < -0.39 is 5.60 Å². The molecule has 2 heterocycles. The summed E-state index contributed by atoms with van der Waals surface area (Å²) < 4.78 is 17.9. The van der Waals surface area contributed by atoms with Crippen molar-refractivity contribution >= 4 is 18.7 Å². The van der Waals surface area contributed by atoms with Crippen molar-refractivity contribution in [1.82, 2.24) is 4.90 Å². The van der Waals surface area contributed by atoms with Gasteiger partial charge in [-0.3, -0.25) is 0 Å². The van der Waals surface area contributed by atoms with Crippen LogP contribution in [0.3, 0.4) is 0 Å². The van der Waals surface area contributed by atoms with E-state index >= 15 is 0 Å². The van der Waals surface area contributed by atoms with E-state index in [2.05, 4.69) is 52.0 Å². The van der Waals surface area contributed by atoms with Crippen LogP contribution in [0, 0.1) is 5.92 Å². The number of benzene rings is 1. The zero-order valence-electron chi connectivity index (χ0n) is 21.1. The third-order valence-electron chi connectivity index (χ3n) is 6.27. The number of amides is 1. The monoisotopic (exact) mass is 431 g/mol. The van der Waals surface area contributed by atoms with Gasteiger partial charge in [-0.15, -0.1) is 0 Å². The summed E-state index contributed by atoms with van der Waals surface area (Å²) in [4.78, 5) is 14.1. The molecule has 0 N–H and O–H groups in total. The van der Waals surface area contributed by atoms with E-state index in [9.17, 15) is 4.79 Å². The van der Waals surface area contributed by atoms with E-state index in [-0.39, 0.29) is 24.4 Å². The van der Waals surface area contributed by atoms with Crippen molar-refractivity contribution in [1.29, 1.82) is 0 Å². The molecule has 2 aliphatic heterocycles. The highest BCUT2D eigenvalue weighted by molar-refractivity contribution is 6.62. The third-order valence-corrected chi connectivity index (χ3v) is 6.27. The van der Waals surface area contributed by atoms with E-state index in [1.807, 2.05) is 39.5 Å². The van der Waals surface area contributed by atoms with Gasteiger partial charge in [0.25, 0.3) is 0 Å². The topological polar surface area (TPSA) is 48.0 Å². The van der Waals surface area contributed by atoms with Crippen molar-refractivity contribution < 1.29 is 18.8 Å². The lowest BCUT2D eigenvalue weighted by Gasteiger charge is -2.33. The van der Waals surface area contributed by atoms with Crippen molar-refractivity contribution in [2.24, 2.45) is 5.92 Å². The molecule has 2 saturated heterocycles. The van der Waals surface area contributed by atoms with Gasteiger partial charge in [0.2, 0.25) is 0 Å². The summed E-state index contributed by atoms with van der Waals surface area (Å²) in [6.07, 6.45) is 2.81. The number of carbonyl (C=O) groups is 1. The first kappa shape index (κ1) is 25.7. The summed E-state index contributed by atoms with van der Waals surface area (Å²) in [5.41, 5.74) is 1.27. The van der Waals surface area contributed by atoms with Crippen LogP contribution in [0.4, 0.5) is 4.79 Å². The average molecular weight is 431 g/mol. The Labute approximate surface area is 190 Å². The molecule has 2 aliphatic rings. The maximum atomic E-state index is 12.3. The average Bonchev–Trinajstić information content (AvgIpc) is 2.90.